The number of guanidine groups is 1. The summed E-state index contributed by atoms with van der Waals surface area (Å²) in [6, 6.07) is 0.448. The van der Waals surface area contributed by atoms with Crippen LogP contribution in [0.25, 0.3) is 0 Å². The lowest BCUT2D eigenvalue weighted by molar-refractivity contribution is -0.142. The monoisotopic (exact) mass is 266 g/mol. The molecular weight excluding hydrogens is 245 g/mol. The minimum Gasteiger partial charge on any atom is -0.355 e. The number of nitrogens with zero attached hydrogens (tertiary/aromatic N) is 2. The molecule has 2 atom stereocenters. The molecule has 2 N–H and O–H groups in total. The van der Waals surface area contributed by atoms with Gasteiger partial charge in [-0.3, -0.25) is 9.89 Å². The molecule has 1 aliphatic rings. The standard InChI is InChI=1S/C11H21F3N4/c1-8-6-9(8)17-10(15-2)16-4-5-18(3)7-11(12,13)14/h8-9H,4-7H2,1-3H3,(H2,15,16,17). The van der Waals surface area contributed by atoms with Crippen molar-refractivity contribution < 1.29 is 13.2 Å². The zero-order valence-corrected chi connectivity index (χ0v) is 11.0. The van der Waals surface area contributed by atoms with Crippen LogP contribution in [0.5, 0.6) is 0 Å². The average Bonchev–Trinajstić information content (AvgIpc) is 2.90. The molecule has 1 saturated carbocycles. The molecule has 18 heavy (non-hydrogen) atoms. The maximum atomic E-state index is 12.1. The lowest BCUT2D eigenvalue weighted by atomic mass is 10.4. The summed E-state index contributed by atoms with van der Waals surface area (Å²) in [7, 11) is 3.11. The summed E-state index contributed by atoms with van der Waals surface area (Å²) in [6.07, 6.45) is -3.02. The van der Waals surface area contributed by atoms with E-state index in [0.29, 0.717) is 31.0 Å². The molecule has 4 nitrogen and oxygen atoms in total. The van der Waals surface area contributed by atoms with Crippen LogP contribution in [0.3, 0.4) is 0 Å². The molecule has 0 radical (unpaired) electrons. The Morgan fingerprint density at radius 1 is 1.44 bits per heavy atom. The average molecular weight is 266 g/mol. The Kier molecular flexibility index (Phi) is 5.25. The Bertz CT molecular complexity index is 291. The molecule has 106 valence electrons. The van der Waals surface area contributed by atoms with E-state index in [1.807, 2.05) is 0 Å². The van der Waals surface area contributed by atoms with Gasteiger partial charge in [0.15, 0.2) is 5.96 Å². The van der Waals surface area contributed by atoms with Crippen molar-refractivity contribution in [3.63, 3.8) is 0 Å². The first-order valence-electron chi connectivity index (χ1n) is 6.04. The van der Waals surface area contributed by atoms with Crippen molar-refractivity contribution in [2.75, 3.05) is 33.7 Å². The highest BCUT2D eigenvalue weighted by Crippen LogP contribution is 2.28. The van der Waals surface area contributed by atoms with Gasteiger partial charge in [0, 0.05) is 26.2 Å². The molecule has 0 aromatic carbocycles. The molecule has 7 heteroatoms. The van der Waals surface area contributed by atoms with Crippen molar-refractivity contribution in [2.24, 2.45) is 10.9 Å². The molecule has 0 aromatic heterocycles. The van der Waals surface area contributed by atoms with Crippen molar-refractivity contribution in [1.82, 2.24) is 15.5 Å². The second kappa shape index (κ2) is 6.26. The van der Waals surface area contributed by atoms with Crippen molar-refractivity contribution in [2.45, 2.75) is 25.6 Å². The Morgan fingerprint density at radius 2 is 2.06 bits per heavy atom. The van der Waals surface area contributed by atoms with Crippen molar-refractivity contribution >= 4 is 5.96 Å². The minimum atomic E-state index is -4.14. The predicted molar refractivity (Wildman–Crippen MR) is 65.6 cm³/mol. The summed E-state index contributed by atoms with van der Waals surface area (Å²) >= 11 is 0. The highest BCUT2D eigenvalue weighted by Gasteiger charge is 2.33. The fourth-order valence-electron chi connectivity index (χ4n) is 1.64. The van der Waals surface area contributed by atoms with Gasteiger partial charge >= 0.3 is 6.18 Å². The number of aliphatic imine (C=N–C) groups is 1. The summed E-state index contributed by atoms with van der Waals surface area (Å²) in [5, 5.41) is 6.22. The number of hydrogen-bond acceptors (Lipinski definition) is 2. The van der Waals surface area contributed by atoms with E-state index in [9.17, 15) is 13.2 Å². The Hall–Kier alpha value is -0.980. The highest BCUT2D eigenvalue weighted by molar-refractivity contribution is 5.80. The van der Waals surface area contributed by atoms with Crippen LogP contribution in [0.15, 0.2) is 4.99 Å². The van der Waals surface area contributed by atoms with E-state index < -0.39 is 12.7 Å². The van der Waals surface area contributed by atoms with Crippen LogP contribution in [-0.4, -0.2) is 56.8 Å². The Morgan fingerprint density at radius 3 is 2.50 bits per heavy atom. The maximum Gasteiger partial charge on any atom is 0.401 e. The van der Waals surface area contributed by atoms with Gasteiger partial charge in [0.1, 0.15) is 0 Å². The van der Waals surface area contributed by atoms with Crippen molar-refractivity contribution in [3.8, 4) is 0 Å². The largest absolute Gasteiger partial charge is 0.401 e. The first-order chi connectivity index (χ1) is 8.31. The number of alkyl halides is 3. The van der Waals surface area contributed by atoms with E-state index in [1.54, 1.807) is 7.05 Å². The third-order valence-corrected chi connectivity index (χ3v) is 2.89. The van der Waals surface area contributed by atoms with Gasteiger partial charge in [-0.15, -0.1) is 0 Å². The van der Waals surface area contributed by atoms with Crippen molar-refractivity contribution in [3.05, 3.63) is 0 Å². The van der Waals surface area contributed by atoms with Gasteiger partial charge in [0.2, 0.25) is 0 Å². The number of hydrogen-bond donors (Lipinski definition) is 2. The van der Waals surface area contributed by atoms with Gasteiger partial charge < -0.3 is 10.6 Å². The number of halogens is 3. The molecule has 0 spiro atoms. The highest BCUT2D eigenvalue weighted by atomic mass is 19.4. The molecular formula is C11H21F3N4. The number of nitrogens with one attached hydrogen (secondary N) is 2. The number of rotatable bonds is 5. The van der Waals surface area contributed by atoms with E-state index in [0.717, 1.165) is 6.42 Å². The Balaban J connectivity index is 2.15. The van der Waals surface area contributed by atoms with Crippen LogP contribution in [0.2, 0.25) is 0 Å². The molecule has 1 fully saturated rings. The van der Waals surface area contributed by atoms with E-state index >= 15 is 0 Å². The predicted octanol–water partition coefficient (Wildman–Crippen LogP) is 1.05. The summed E-state index contributed by atoms with van der Waals surface area (Å²) < 4.78 is 36.2. The normalized spacial score (nSPS) is 24.3. The zero-order valence-electron chi connectivity index (χ0n) is 11.0. The maximum absolute atomic E-state index is 12.1. The van der Waals surface area contributed by atoms with Gasteiger partial charge in [0.25, 0.3) is 0 Å². The SMILES string of the molecule is CN=C(NCCN(C)CC(F)(F)F)NC1CC1C. The third-order valence-electron chi connectivity index (χ3n) is 2.89. The molecule has 0 aromatic rings. The van der Waals surface area contributed by atoms with Gasteiger partial charge in [0.05, 0.1) is 6.54 Å². The van der Waals surface area contributed by atoms with Crippen LogP contribution in [0.1, 0.15) is 13.3 Å². The fraction of sp³-hybridized carbons (Fsp3) is 0.909. The zero-order chi connectivity index (χ0) is 13.8. The minimum absolute atomic E-state index is 0.320. The van der Waals surface area contributed by atoms with Gasteiger partial charge in [-0.05, 0) is 19.4 Å². The molecule has 0 bridgehead atoms. The van der Waals surface area contributed by atoms with Crippen LogP contribution in [-0.2, 0) is 0 Å². The first kappa shape index (κ1) is 15.1. The van der Waals surface area contributed by atoms with E-state index in [1.165, 1.54) is 11.9 Å². The Labute approximate surface area is 106 Å². The molecule has 1 rings (SSSR count). The molecule has 1 aliphatic carbocycles. The van der Waals surface area contributed by atoms with Gasteiger partial charge in [-0.25, -0.2) is 0 Å². The lowest BCUT2D eigenvalue weighted by Gasteiger charge is -2.19. The summed E-state index contributed by atoms with van der Waals surface area (Å²) in [5.41, 5.74) is 0. The number of likely N-dealkylation sites (N-methyl/N-ethyl adjacent to an activating group) is 1. The van der Waals surface area contributed by atoms with E-state index in [4.69, 9.17) is 0 Å². The van der Waals surface area contributed by atoms with Gasteiger partial charge in [-0.2, -0.15) is 13.2 Å². The summed E-state index contributed by atoms with van der Waals surface area (Å²) in [4.78, 5) is 5.26. The van der Waals surface area contributed by atoms with Crippen LogP contribution < -0.4 is 10.6 Å². The third kappa shape index (κ3) is 6.09. The van der Waals surface area contributed by atoms with Crippen LogP contribution >= 0.6 is 0 Å². The fourth-order valence-corrected chi connectivity index (χ4v) is 1.64. The molecule has 0 aliphatic heterocycles. The molecule has 2 unspecified atom stereocenters. The van der Waals surface area contributed by atoms with E-state index in [-0.39, 0.29) is 0 Å². The van der Waals surface area contributed by atoms with E-state index in [2.05, 4.69) is 22.5 Å². The quantitative estimate of drug-likeness (QED) is 0.577. The molecule has 0 amide bonds. The molecule has 0 saturated heterocycles. The summed E-state index contributed by atoms with van der Waals surface area (Å²) in [6.45, 7) is 2.01. The second-order valence-corrected chi connectivity index (χ2v) is 4.82. The van der Waals surface area contributed by atoms with Crippen molar-refractivity contribution in [1.29, 1.82) is 0 Å². The lowest BCUT2D eigenvalue weighted by Crippen LogP contribution is -2.43. The molecule has 0 heterocycles. The summed E-state index contributed by atoms with van der Waals surface area (Å²) in [5.74, 6) is 1.31. The van der Waals surface area contributed by atoms with Gasteiger partial charge in [-0.1, -0.05) is 6.92 Å². The first-order valence-corrected chi connectivity index (χ1v) is 6.04. The smallest absolute Gasteiger partial charge is 0.355 e. The van der Waals surface area contributed by atoms with Crippen LogP contribution in [0, 0.1) is 5.92 Å². The van der Waals surface area contributed by atoms with Crippen LogP contribution in [0.4, 0.5) is 13.2 Å². The topological polar surface area (TPSA) is 39.7 Å². The second-order valence-electron chi connectivity index (χ2n) is 4.82.